The Morgan fingerprint density at radius 2 is 2.00 bits per heavy atom. The molecule has 110 valence electrons. The first-order valence-electron chi connectivity index (χ1n) is 7.43. The molecular weight excluding hydrogens is 287 g/mol. The van der Waals surface area contributed by atoms with E-state index < -0.39 is 0 Å². The van der Waals surface area contributed by atoms with Crippen molar-refractivity contribution in [3.8, 4) is 0 Å². The third-order valence-corrected chi connectivity index (χ3v) is 5.61. The number of hydrogen-bond acceptors (Lipinski definition) is 3. The van der Waals surface area contributed by atoms with Crippen molar-refractivity contribution in [2.24, 2.45) is 0 Å². The van der Waals surface area contributed by atoms with E-state index in [0.29, 0.717) is 17.0 Å². The number of nitrogens with one attached hydrogen (secondary N) is 2. The van der Waals surface area contributed by atoms with Crippen LogP contribution in [0.15, 0.2) is 24.3 Å². The second-order valence-electron chi connectivity index (χ2n) is 6.07. The molecule has 2 aliphatic heterocycles. The van der Waals surface area contributed by atoms with Crippen molar-refractivity contribution in [2.75, 3.05) is 0 Å². The number of halogens is 1. The van der Waals surface area contributed by atoms with Crippen molar-refractivity contribution < 1.29 is 9.18 Å². The molecule has 2 N–H and O–H groups in total. The normalized spacial score (nSPS) is 28.0. The SMILES string of the molecule is O=C(NC1CC2CCC(C1)N2)c1cc2ccc(F)cc2s1. The molecule has 21 heavy (non-hydrogen) atoms. The summed E-state index contributed by atoms with van der Waals surface area (Å²) in [5, 5.41) is 7.65. The average Bonchev–Trinajstić information content (AvgIpc) is 3.02. The van der Waals surface area contributed by atoms with E-state index in [4.69, 9.17) is 0 Å². The average molecular weight is 304 g/mol. The number of thiophene rings is 1. The highest BCUT2D eigenvalue weighted by Gasteiger charge is 2.34. The van der Waals surface area contributed by atoms with Crippen molar-refractivity contribution in [1.29, 1.82) is 0 Å². The van der Waals surface area contributed by atoms with Gasteiger partial charge in [-0.25, -0.2) is 4.39 Å². The van der Waals surface area contributed by atoms with E-state index in [1.165, 1.54) is 36.3 Å². The topological polar surface area (TPSA) is 41.1 Å². The molecule has 1 aromatic carbocycles. The number of fused-ring (bicyclic) bond motifs is 3. The molecule has 2 aromatic rings. The fourth-order valence-corrected chi connectivity index (χ4v) is 4.54. The van der Waals surface area contributed by atoms with Gasteiger partial charge in [-0.15, -0.1) is 11.3 Å². The monoisotopic (exact) mass is 304 g/mol. The van der Waals surface area contributed by atoms with Crippen LogP contribution in [0, 0.1) is 5.82 Å². The van der Waals surface area contributed by atoms with Gasteiger partial charge >= 0.3 is 0 Å². The molecule has 1 amide bonds. The first-order chi connectivity index (χ1) is 10.2. The summed E-state index contributed by atoms with van der Waals surface area (Å²) < 4.78 is 14.0. The fourth-order valence-electron chi connectivity index (χ4n) is 3.55. The van der Waals surface area contributed by atoms with Crippen LogP contribution in [0.25, 0.3) is 10.1 Å². The number of benzene rings is 1. The van der Waals surface area contributed by atoms with Gasteiger partial charge in [-0.3, -0.25) is 4.79 Å². The Hall–Kier alpha value is -1.46. The van der Waals surface area contributed by atoms with Gasteiger partial charge in [0.2, 0.25) is 0 Å². The van der Waals surface area contributed by atoms with Crippen LogP contribution < -0.4 is 10.6 Å². The molecular formula is C16H17FN2OS. The van der Waals surface area contributed by atoms with E-state index in [9.17, 15) is 9.18 Å². The summed E-state index contributed by atoms with van der Waals surface area (Å²) in [6.07, 6.45) is 4.47. The maximum Gasteiger partial charge on any atom is 0.261 e. The highest BCUT2D eigenvalue weighted by atomic mass is 32.1. The van der Waals surface area contributed by atoms with Crippen LogP contribution in [0.1, 0.15) is 35.4 Å². The molecule has 2 atom stereocenters. The van der Waals surface area contributed by atoms with Crippen LogP contribution in [0.4, 0.5) is 4.39 Å². The summed E-state index contributed by atoms with van der Waals surface area (Å²) in [6.45, 7) is 0. The van der Waals surface area contributed by atoms with Gasteiger partial charge in [0.25, 0.3) is 5.91 Å². The zero-order valence-electron chi connectivity index (χ0n) is 11.6. The van der Waals surface area contributed by atoms with Crippen LogP contribution in [0.3, 0.4) is 0 Å². The molecule has 0 radical (unpaired) electrons. The Bertz CT molecular complexity index is 687. The molecule has 2 unspecified atom stereocenters. The largest absolute Gasteiger partial charge is 0.348 e. The maximum atomic E-state index is 13.2. The van der Waals surface area contributed by atoms with Gasteiger partial charge in [0.1, 0.15) is 5.82 Å². The van der Waals surface area contributed by atoms with Crippen molar-refractivity contribution in [3.05, 3.63) is 35.0 Å². The molecule has 0 saturated carbocycles. The second kappa shape index (κ2) is 5.07. The summed E-state index contributed by atoms with van der Waals surface area (Å²) in [5.74, 6) is -0.283. The van der Waals surface area contributed by atoms with Gasteiger partial charge in [0.05, 0.1) is 4.88 Å². The first kappa shape index (κ1) is 13.2. The third-order valence-electron chi connectivity index (χ3n) is 4.51. The molecule has 2 saturated heterocycles. The Balaban J connectivity index is 1.50. The highest BCUT2D eigenvalue weighted by molar-refractivity contribution is 7.20. The van der Waals surface area contributed by atoms with Crippen LogP contribution in [-0.4, -0.2) is 24.0 Å². The lowest BCUT2D eigenvalue weighted by Gasteiger charge is -2.29. The van der Waals surface area contributed by atoms with E-state index >= 15 is 0 Å². The van der Waals surface area contributed by atoms with E-state index in [0.717, 1.165) is 22.9 Å². The predicted molar refractivity (Wildman–Crippen MR) is 82.2 cm³/mol. The number of rotatable bonds is 2. The number of carbonyl (C=O) groups excluding carboxylic acids is 1. The van der Waals surface area contributed by atoms with Crippen LogP contribution in [-0.2, 0) is 0 Å². The molecule has 3 nitrogen and oxygen atoms in total. The minimum Gasteiger partial charge on any atom is -0.348 e. The minimum absolute atomic E-state index is 0.0251. The molecule has 1 aromatic heterocycles. The standard InChI is InChI=1S/C16H17FN2OS/c17-10-2-1-9-5-15(21-14(9)6-10)16(20)19-13-7-11-3-4-12(8-13)18-11/h1-2,5-6,11-13,18H,3-4,7-8H2,(H,19,20). The molecule has 5 heteroatoms. The second-order valence-corrected chi connectivity index (χ2v) is 7.16. The van der Waals surface area contributed by atoms with Crippen LogP contribution in [0.5, 0.6) is 0 Å². The van der Waals surface area contributed by atoms with Crippen molar-refractivity contribution in [3.63, 3.8) is 0 Å². The number of piperidine rings is 1. The third kappa shape index (κ3) is 2.56. The number of carbonyl (C=O) groups is 1. The summed E-state index contributed by atoms with van der Waals surface area (Å²) in [4.78, 5) is 13.1. The minimum atomic E-state index is -0.258. The van der Waals surface area contributed by atoms with E-state index in [-0.39, 0.29) is 17.8 Å². The maximum absolute atomic E-state index is 13.2. The van der Waals surface area contributed by atoms with Gasteiger partial charge in [0.15, 0.2) is 0 Å². The lowest BCUT2D eigenvalue weighted by molar-refractivity contribution is 0.0928. The Morgan fingerprint density at radius 3 is 2.76 bits per heavy atom. The van der Waals surface area contributed by atoms with Crippen LogP contribution >= 0.6 is 11.3 Å². The molecule has 0 spiro atoms. The van der Waals surface area contributed by atoms with Gasteiger partial charge in [-0.2, -0.15) is 0 Å². The molecule has 2 bridgehead atoms. The molecule has 2 fully saturated rings. The summed E-state index contributed by atoms with van der Waals surface area (Å²) in [7, 11) is 0. The first-order valence-corrected chi connectivity index (χ1v) is 8.25. The number of amides is 1. The predicted octanol–water partition coefficient (Wildman–Crippen LogP) is 3.05. The van der Waals surface area contributed by atoms with Gasteiger partial charge in [0, 0.05) is 22.8 Å². The molecule has 2 aliphatic rings. The van der Waals surface area contributed by atoms with Crippen molar-refractivity contribution in [2.45, 2.75) is 43.8 Å². The van der Waals surface area contributed by atoms with Gasteiger partial charge in [-0.05, 0) is 49.3 Å². The zero-order valence-corrected chi connectivity index (χ0v) is 12.4. The van der Waals surface area contributed by atoms with E-state index in [1.807, 2.05) is 6.07 Å². The molecule has 3 heterocycles. The highest BCUT2D eigenvalue weighted by Crippen LogP contribution is 2.29. The lowest BCUT2D eigenvalue weighted by atomic mass is 10.00. The zero-order chi connectivity index (χ0) is 14.4. The summed E-state index contributed by atoms with van der Waals surface area (Å²) in [5.41, 5.74) is 0. The fraction of sp³-hybridized carbons (Fsp3) is 0.438. The van der Waals surface area contributed by atoms with Crippen molar-refractivity contribution >= 4 is 27.3 Å². The number of hydrogen-bond donors (Lipinski definition) is 2. The van der Waals surface area contributed by atoms with Crippen LogP contribution in [0.2, 0.25) is 0 Å². The van der Waals surface area contributed by atoms with Gasteiger partial charge in [-0.1, -0.05) is 6.07 Å². The van der Waals surface area contributed by atoms with Gasteiger partial charge < -0.3 is 10.6 Å². The summed E-state index contributed by atoms with van der Waals surface area (Å²) in [6, 6.07) is 7.88. The Morgan fingerprint density at radius 1 is 1.24 bits per heavy atom. The van der Waals surface area contributed by atoms with E-state index in [2.05, 4.69) is 10.6 Å². The smallest absolute Gasteiger partial charge is 0.261 e. The summed E-state index contributed by atoms with van der Waals surface area (Å²) >= 11 is 1.36. The van der Waals surface area contributed by atoms with Crippen molar-refractivity contribution in [1.82, 2.24) is 10.6 Å². The Labute approximate surface area is 126 Å². The van der Waals surface area contributed by atoms with E-state index in [1.54, 1.807) is 6.07 Å². The Kier molecular flexibility index (Phi) is 3.19. The molecule has 4 rings (SSSR count). The lowest BCUT2D eigenvalue weighted by Crippen LogP contribution is -2.47. The molecule has 0 aliphatic carbocycles. The quantitative estimate of drug-likeness (QED) is 0.895.